The van der Waals surface area contributed by atoms with Crippen molar-refractivity contribution < 1.29 is 14.0 Å². The minimum atomic E-state index is -0.524. The van der Waals surface area contributed by atoms with Gasteiger partial charge in [0, 0.05) is 29.5 Å². The molecule has 6 nitrogen and oxygen atoms in total. The zero-order valence-corrected chi connectivity index (χ0v) is 21.3. The Morgan fingerprint density at radius 3 is 2.49 bits per heavy atom. The van der Waals surface area contributed by atoms with Crippen LogP contribution in [0.3, 0.4) is 0 Å². The van der Waals surface area contributed by atoms with E-state index in [1.54, 1.807) is 11.0 Å². The Labute approximate surface area is 213 Å². The highest BCUT2D eigenvalue weighted by molar-refractivity contribution is 8.16. The second-order valence-electron chi connectivity index (χ2n) is 8.12. The summed E-state index contributed by atoms with van der Waals surface area (Å²) in [7, 11) is 0. The molecule has 0 aliphatic carbocycles. The summed E-state index contributed by atoms with van der Waals surface area (Å²) in [6.07, 6.45) is 0.0517. The number of rotatable bonds is 7. The van der Waals surface area contributed by atoms with Crippen molar-refractivity contribution in [3.05, 3.63) is 87.3 Å². The van der Waals surface area contributed by atoms with Crippen LogP contribution < -0.4 is 5.32 Å². The maximum absolute atomic E-state index is 13.6. The van der Waals surface area contributed by atoms with E-state index in [-0.39, 0.29) is 24.1 Å². The molecular formula is C26H26ClFN4O2S. The zero-order chi connectivity index (χ0) is 25.1. The topological polar surface area (TPSA) is 65.0 Å². The highest BCUT2D eigenvalue weighted by Gasteiger charge is 2.42. The van der Waals surface area contributed by atoms with E-state index in [9.17, 15) is 14.0 Å². The van der Waals surface area contributed by atoms with Crippen LogP contribution in [0.1, 0.15) is 38.8 Å². The number of amides is 2. The number of nitrogens with zero attached hydrogens (tertiary/aromatic N) is 3. The van der Waals surface area contributed by atoms with Crippen LogP contribution in [0.2, 0.25) is 5.02 Å². The van der Waals surface area contributed by atoms with Crippen molar-refractivity contribution in [2.45, 2.75) is 33.2 Å². The Balaban J connectivity index is 1.70. The summed E-state index contributed by atoms with van der Waals surface area (Å²) >= 11 is 8.04. The Bertz CT molecular complexity index is 1240. The number of thioether (sulfide) groups is 1. The van der Waals surface area contributed by atoms with Crippen LogP contribution in [0.25, 0.3) is 0 Å². The number of amidine groups is 1. The number of hydrogen-bond acceptors (Lipinski definition) is 5. The van der Waals surface area contributed by atoms with Crippen molar-refractivity contribution in [2.75, 3.05) is 18.4 Å². The zero-order valence-electron chi connectivity index (χ0n) is 19.7. The average Bonchev–Trinajstić information content (AvgIpc) is 3.22. The maximum Gasteiger partial charge on any atom is 0.254 e. The first-order valence-corrected chi connectivity index (χ1v) is 12.6. The van der Waals surface area contributed by atoms with E-state index < -0.39 is 6.04 Å². The van der Waals surface area contributed by atoms with Gasteiger partial charge in [-0.25, -0.2) is 9.38 Å². The van der Waals surface area contributed by atoms with Crippen molar-refractivity contribution in [3.63, 3.8) is 0 Å². The van der Waals surface area contributed by atoms with Gasteiger partial charge < -0.3 is 15.1 Å². The Morgan fingerprint density at radius 2 is 1.83 bits per heavy atom. The van der Waals surface area contributed by atoms with Crippen LogP contribution in [0, 0.1) is 5.82 Å². The summed E-state index contributed by atoms with van der Waals surface area (Å²) in [5.74, 6) is -0.736. The molecule has 2 amide bonds. The minimum Gasteiger partial charge on any atom is -0.339 e. The summed E-state index contributed by atoms with van der Waals surface area (Å²) in [5.41, 5.74) is 3.15. The van der Waals surface area contributed by atoms with Gasteiger partial charge in [0.25, 0.3) is 5.91 Å². The number of aliphatic imine (C=N–C) groups is 1. The van der Waals surface area contributed by atoms with Crippen LogP contribution in [-0.2, 0) is 9.59 Å². The number of carbonyl (C=O) groups excluding carboxylic acids is 2. The van der Waals surface area contributed by atoms with E-state index in [0.717, 1.165) is 5.56 Å². The van der Waals surface area contributed by atoms with Crippen molar-refractivity contribution >= 4 is 46.0 Å². The van der Waals surface area contributed by atoms with Crippen LogP contribution >= 0.6 is 23.4 Å². The van der Waals surface area contributed by atoms with Crippen LogP contribution in [-0.4, -0.2) is 39.9 Å². The largest absolute Gasteiger partial charge is 0.339 e. The second-order valence-corrected chi connectivity index (χ2v) is 9.37. The highest BCUT2D eigenvalue weighted by atomic mass is 35.5. The molecule has 182 valence electrons. The van der Waals surface area contributed by atoms with E-state index in [2.05, 4.69) is 5.32 Å². The van der Waals surface area contributed by atoms with E-state index in [0.29, 0.717) is 45.9 Å². The molecule has 2 heterocycles. The predicted molar refractivity (Wildman–Crippen MR) is 139 cm³/mol. The fourth-order valence-electron chi connectivity index (χ4n) is 4.22. The molecule has 1 unspecified atom stereocenters. The first kappa shape index (κ1) is 25.0. The number of fused-ring (bicyclic) bond motifs is 1. The molecular weight excluding hydrogens is 487 g/mol. The van der Waals surface area contributed by atoms with Crippen molar-refractivity contribution in [1.82, 2.24) is 9.80 Å². The first-order valence-electron chi connectivity index (χ1n) is 11.4. The van der Waals surface area contributed by atoms with Crippen molar-refractivity contribution in [2.24, 2.45) is 4.99 Å². The number of allylic oxidation sites excluding steroid dienone is 1. The maximum atomic E-state index is 13.6. The molecule has 0 radical (unpaired) electrons. The number of halogens is 2. The number of anilines is 1. The van der Waals surface area contributed by atoms with Gasteiger partial charge in [-0.15, -0.1) is 0 Å². The lowest BCUT2D eigenvalue weighted by Crippen LogP contribution is -2.41. The monoisotopic (exact) mass is 512 g/mol. The fraction of sp³-hybridized carbons (Fsp3) is 0.269. The summed E-state index contributed by atoms with van der Waals surface area (Å²) in [6, 6.07) is 12.5. The standard InChI is InChI=1S/C26H26ClFN4O2S/c1-4-31(5-2)25(34)23-16(3)29-26-32(24(23)20-8-6-7-9-21(20)27)19(15-35-26)14-22(33)30-18-12-10-17(28)11-13-18/h6-13,15,24H,4-5,14H2,1-3H3,(H,30,33). The van der Waals surface area contributed by atoms with Gasteiger partial charge in [-0.3, -0.25) is 9.59 Å². The number of benzene rings is 2. The van der Waals surface area contributed by atoms with Gasteiger partial charge in [0.15, 0.2) is 5.17 Å². The molecule has 35 heavy (non-hydrogen) atoms. The number of hydrogen-bond donors (Lipinski definition) is 1. The van der Waals surface area contributed by atoms with Crippen molar-refractivity contribution in [1.29, 1.82) is 0 Å². The molecule has 2 aromatic rings. The van der Waals surface area contributed by atoms with Gasteiger partial charge in [0.1, 0.15) is 5.82 Å². The molecule has 2 aliphatic rings. The third-order valence-corrected chi connectivity index (χ3v) is 7.18. The SMILES string of the molecule is CCN(CC)C(=O)C1=C(C)N=C2SC=C(CC(=O)Nc3ccc(F)cc3)N2C1c1ccccc1Cl. The highest BCUT2D eigenvalue weighted by Crippen LogP contribution is 2.46. The molecule has 9 heteroatoms. The summed E-state index contributed by atoms with van der Waals surface area (Å²) in [4.78, 5) is 34.9. The molecule has 0 saturated carbocycles. The van der Waals surface area contributed by atoms with Gasteiger partial charge in [-0.2, -0.15) is 0 Å². The van der Waals surface area contributed by atoms with Gasteiger partial charge in [-0.05, 0) is 62.1 Å². The average molecular weight is 513 g/mol. The molecule has 0 aromatic heterocycles. The summed E-state index contributed by atoms with van der Waals surface area (Å²) < 4.78 is 13.2. The lowest BCUT2D eigenvalue weighted by Gasteiger charge is -2.38. The normalized spacial score (nSPS) is 17.1. The predicted octanol–water partition coefficient (Wildman–Crippen LogP) is 5.95. The number of carbonyl (C=O) groups is 2. The van der Waals surface area contributed by atoms with Gasteiger partial charge >= 0.3 is 0 Å². The Kier molecular flexibility index (Phi) is 7.62. The Morgan fingerprint density at radius 1 is 1.14 bits per heavy atom. The lowest BCUT2D eigenvalue weighted by atomic mass is 9.92. The molecule has 1 atom stereocenters. The Hall–Kier alpha value is -3.10. The summed E-state index contributed by atoms with van der Waals surface area (Å²) in [5, 5.41) is 5.90. The fourth-order valence-corrected chi connectivity index (χ4v) is 5.42. The molecule has 0 fully saturated rings. The molecule has 2 aromatic carbocycles. The molecule has 4 rings (SSSR count). The first-order chi connectivity index (χ1) is 16.8. The van der Waals surface area contributed by atoms with Crippen LogP contribution in [0.15, 0.2) is 75.9 Å². The van der Waals surface area contributed by atoms with E-state index >= 15 is 0 Å². The molecule has 0 saturated heterocycles. The molecule has 0 bridgehead atoms. The number of nitrogens with one attached hydrogen (secondary N) is 1. The third kappa shape index (κ3) is 5.13. The molecule has 0 spiro atoms. The van der Waals surface area contributed by atoms with E-state index in [1.165, 1.54) is 36.0 Å². The van der Waals surface area contributed by atoms with E-state index in [4.69, 9.17) is 16.6 Å². The number of likely N-dealkylation sites (N-methyl/N-ethyl adjacent to an activating group) is 1. The van der Waals surface area contributed by atoms with Gasteiger partial charge in [-0.1, -0.05) is 41.6 Å². The lowest BCUT2D eigenvalue weighted by molar-refractivity contribution is -0.127. The summed E-state index contributed by atoms with van der Waals surface area (Å²) in [6.45, 7) is 6.85. The smallest absolute Gasteiger partial charge is 0.254 e. The van der Waals surface area contributed by atoms with E-state index in [1.807, 2.05) is 49.3 Å². The van der Waals surface area contributed by atoms with Crippen LogP contribution in [0.5, 0.6) is 0 Å². The van der Waals surface area contributed by atoms with Crippen LogP contribution in [0.4, 0.5) is 10.1 Å². The third-order valence-electron chi connectivity index (χ3n) is 5.95. The quantitative estimate of drug-likeness (QED) is 0.497. The van der Waals surface area contributed by atoms with Crippen molar-refractivity contribution in [3.8, 4) is 0 Å². The molecule has 1 N–H and O–H groups in total. The van der Waals surface area contributed by atoms with Gasteiger partial charge in [0.05, 0.1) is 23.7 Å². The minimum absolute atomic E-state index is 0.0517. The van der Waals surface area contributed by atoms with Gasteiger partial charge in [0.2, 0.25) is 5.91 Å². The molecule has 2 aliphatic heterocycles. The second kappa shape index (κ2) is 10.7.